The molecule has 1 aromatic carbocycles. The van der Waals surface area contributed by atoms with E-state index in [9.17, 15) is 4.39 Å². The lowest BCUT2D eigenvalue weighted by Gasteiger charge is -2.00. The van der Waals surface area contributed by atoms with E-state index in [0.717, 1.165) is 9.80 Å². The maximum Gasteiger partial charge on any atom is 0.123 e. The first kappa shape index (κ1) is 14.3. The number of hydrogen-bond acceptors (Lipinski definition) is 1. The molecule has 0 nitrogen and oxygen atoms in total. The molecule has 0 N–H and O–H groups in total. The average molecular weight is 258 g/mol. The lowest BCUT2D eigenvalue weighted by Crippen LogP contribution is -1.75. The fourth-order valence-corrected chi connectivity index (χ4v) is 1.91. The second-order valence-electron chi connectivity index (χ2n) is 3.33. The summed E-state index contributed by atoms with van der Waals surface area (Å²) in [5, 5.41) is 0. The Morgan fingerprint density at radius 3 is 2.28 bits per heavy atom. The van der Waals surface area contributed by atoms with E-state index in [-0.39, 0.29) is 5.82 Å². The highest BCUT2D eigenvalue weighted by Crippen LogP contribution is 2.27. The first-order chi connectivity index (χ1) is 8.76. The van der Waals surface area contributed by atoms with Gasteiger partial charge in [0.1, 0.15) is 5.82 Å². The van der Waals surface area contributed by atoms with Gasteiger partial charge in [-0.15, -0.1) is 0 Å². The van der Waals surface area contributed by atoms with Gasteiger partial charge >= 0.3 is 0 Å². The molecule has 0 aliphatic carbocycles. The van der Waals surface area contributed by atoms with Crippen LogP contribution >= 0.6 is 11.8 Å². The molecule has 0 saturated carbocycles. The van der Waals surface area contributed by atoms with E-state index in [1.165, 1.54) is 12.1 Å². The van der Waals surface area contributed by atoms with Gasteiger partial charge in [-0.3, -0.25) is 0 Å². The number of rotatable bonds is 6. The molecule has 0 radical (unpaired) electrons. The third-order valence-corrected chi connectivity index (χ3v) is 3.03. The molecule has 0 amide bonds. The molecule has 0 bridgehead atoms. The fourth-order valence-electron chi connectivity index (χ4n) is 1.14. The molecule has 18 heavy (non-hydrogen) atoms. The van der Waals surface area contributed by atoms with Crippen molar-refractivity contribution >= 4 is 11.8 Å². The standard InChI is InChI=1S/C16H15FS/c1-3-5-6-7-8-9-15(4-2)18-16-12-10-14(17)11-13-16/h3-13H,1-2H2/b6-5-,8-7-,15-9+. The van der Waals surface area contributed by atoms with Gasteiger partial charge in [-0.1, -0.05) is 61.4 Å². The molecular formula is C16H15FS. The van der Waals surface area contributed by atoms with Crippen LogP contribution in [0.15, 0.2) is 89.8 Å². The van der Waals surface area contributed by atoms with E-state index in [4.69, 9.17) is 0 Å². The van der Waals surface area contributed by atoms with Crippen LogP contribution in [-0.2, 0) is 0 Å². The van der Waals surface area contributed by atoms with Gasteiger partial charge in [0.05, 0.1) is 0 Å². The van der Waals surface area contributed by atoms with Crippen molar-refractivity contribution in [3.05, 3.63) is 90.7 Å². The van der Waals surface area contributed by atoms with Gasteiger partial charge in [-0.2, -0.15) is 0 Å². The molecule has 0 saturated heterocycles. The first-order valence-electron chi connectivity index (χ1n) is 5.48. The quantitative estimate of drug-likeness (QED) is 0.493. The Kier molecular flexibility index (Phi) is 6.59. The zero-order valence-electron chi connectivity index (χ0n) is 10.1. The maximum absolute atomic E-state index is 12.8. The van der Waals surface area contributed by atoms with Crippen LogP contribution < -0.4 is 0 Å². The van der Waals surface area contributed by atoms with Crippen molar-refractivity contribution in [1.82, 2.24) is 0 Å². The summed E-state index contributed by atoms with van der Waals surface area (Å²) in [5.74, 6) is -0.224. The monoisotopic (exact) mass is 258 g/mol. The van der Waals surface area contributed by atoms with Gasteiger partial charge in [-0.25, -0.2) is 4.39 Å². The second kappa shape index (κ2) is 8.31. The van der Waals surface area contributed by atoms with Crippen LogP contribution in [0.3, 0.4) is 0 Å². The second-order valence-corrected chi connectivity index (χ2v) is 4.48. The SMILES string of the molecule is C=C\C=C/C=C\C=C(/C=C)Sc1ccc(F)cc1. The van der Waals surface area contributed by atoms with Gasteiger partial charge in [0.25, 0.3) is 0 Å². The molecule has 1 rings (SSSR count). The van der Waals surface area contributed by atoms with Crippen LogP contribution in [-0.4, -0.2) is 0 Å². The van der Waals surface area contributed by atoms with Gasteiger partial charge in [0, 0.05) is 9.80 Å². The zero-order chi connectivity index (χ0) is 13.2. The molecule has 2 heteroatoms. The summed E-state index contributed by atoms with van der Waals surface area (Å²) in [7, 11) is 0. The molecule has 92 valence electrons. The van der Waals surface area contributed by atoms with E-state index in [1.54, 1.807) is 36.0 Å². The Morgan fingerprint density at radius 1 is 1.00 bits per heavy atom. The number of thioether (sulfide) groups is 1. The van der Waals surface area contributed by atoms with Crippen molar-refractivity contribution in [2.24, 2.45) is 0 Å². The van der Waals surface area contributed by atoms with Crippen LogP contribution in [0.2, 0.25) is 0 Å². The fraction of sp³-hybridized carbons (Fsp3) is 0. The van der Waals surface area contributed by atoms with Crippen molar-refractivity contribution in [1.29, 1.82) is 0 Å². The minimum absolute atomic E-state index is 0.224. The lowest BCUT2D eigenvalue weighted by atomic mass is 10.3. The van der Waals surface area contributed by atoms with Gasteiger partial charge in [-0.05, 0) is 30.3 Å². The van der Waals surface area contributed by atoms with E-state index in [1.807, 2.05) is 30.4 Å². The molecule has 0 atom stereocenters. The summed E-state index contributed by atoms with van der Waals surface area (Å²) in [4.78, 5) is 1.99. The Labute approximate surface area is 112 Å². The third-order valence-electron chi connectivity index (χ3n) is 1.98. The van der Waals surface area contributed by atoms with Crippen molar-refractivity contribution in [3.63, 3.8) is 0 Å². The predicted octanol–water partition coefficient (Wildman–Crippen LogP) is 5.29. The maximum atomic E-state index is 12.8. The number of allylic oxidation sites excluding steroid dienone is 7. The highest BCUT2D eigenvalue weighted by Gasteiger charge is 1.96. The Hall–Kier alpha value is -1.80. The predicted molar refractivity (Wildman–Crippen MR) is 79.0 cm³/mol. The summed E-state index contributed by atoms with van der Waals surface area (Å²) in [5.41, 5.74) is 0. The molecular weight excluding hydrogens is 243 g/mol. The zero-order valence-corrected chi connectivity index (χ0v) is 10.9. The summed E-state index contributed by atoms with van der Waals surface area (Å²) < 4.78 is 12.8. The minimum Gasteiger partial charge on any atom is -0.207 e. The van der Waals surface area contributed by atoms with Crippen LogP contribution in [0.4, 0.5) is 4.39 Å². The highest BCUT2D eigenvalue weighted by atomic mass is 32.2. The normalized spacial score (nSPS) is 12.2. The van der Waals surface area contributed by atoms with Gasteiger partial charge < -0.3 is 0 Å². The highest BCUT2D eigenvalue weighted by molar-refractivity contribution is 8.03. The van der Waals surface area contributed by atoms with E-state index < -0.39 is 0 Å². The van der Waals surface area contributed by atoms with Gasteiger partial charge in [0.15, 0.2) is 0 Å². The summed E-state index contributed by atoms with van der Waals surface area (Å²) in [6, 6.07) is 6.40. The molecule has 0 heterocycles. The number of benzene rings is 1. The third kappa shape index (κ3) is 5.51. The van der Waals surface area contributed by atoms with E-state index in [0.29, 0.717) is 0 Å². The van der Waals surface area contributed by atoms with E-state index in [2.05, 4.69) is 13.2 Å². The Bertz CT molecular complexity index is 478. The smallest absolute Gasteiger partial charge is 0.123 e. The molecule has 0 aliphatic heterocycles. The molecule has 0 unspecified atom stereocenters. The van der Waals surface area contributed by atoms with Crippen molar-refractivity contribution in [3.8, 4) is 0 Å². The van der Waals surface area contributed by atoms with Crippen LogP contribution in [0.5, 0.6) is 0 Å². The number of halogens is 1. The number of hydrogen-bond donors (Lipinski definition) is 0. The topological polar surface area (TPSA) is 0 Å². The lowest BCUT2D eigenvalue weighted by molar-refractivity contribution is 0.626. The summed E-state index contributed by atoms with van der Waals surface area (Å²) in [6.45, 7) is 7.34. The average Bonchev–Trinajstić information content (AvgIpc) is 2.39. The summed E-state index contributed by atoms with van der Waals surface area (Å²) >= 11 is 1.54. The largest absolute Gasteiger partial charge is 0.207 e. The molecule has 0 aliphatic rings. The molecule has 0 fully saturated rings. The van der Waals surface area contributed by atoms with Crippen molar-refractivity contribution in [2.75, 3.05) is 0 Å². The minimum atomic E-state index is -0.224. The van der Waals surface area contributed by atoms with Crippen LogP contribution in [0.25, 0.3) is 0 Å². The van der Waals surface area contributed by atoms with Crippen LogP contribution in [0, 0.1) is 5.82 Å². The van der Waals surface area contributed by atoms with Crippen molar-refractivity contribution in [2.45, 2.75) is 4.90 Å². The Morgan fingerprint density at radius 2 is 1.67 bits per heavy atom. The molecule has 1 aromatic rings. The Balaban J connectivity index is 2.66. The summed E-state index contributed by atoms with van der Waals surface area (Å²) in [6.07, 6.45) is 13.0. The molecule has 0 spiro atoms. The van der Waals surface area contributed by atoms with Gasteiger partial charge in [0.2, 0.25) is 0 Å². The van der Waals surface area contributed by atoms with Crippen molar-refractivity contribution < 1.29 is 4.39 Å². The van der Waals surface area contributed by atoms with Crippen LogP contribution in [0.1, 0.15) is 0 Å². The van der Waals surface area contributed by atoms with E-state index >= 15 is 0 Å². The molecule has 0 aromatic heterocycles. The first-order valence-corrected chi connectivity index (χ1v) is 6.30.